The van der Waals surface area contributed by atoms with Crippen molar-refractivity contribution in [3.63, 3.8) is 0 Å². The van der Waals surface area contributed by atoms with Crippen LogP contribution in [0.2, 0.25) is 0 Å². The van der Waals surface area contributed by atoms with Crippen LogP contribution in [0, 0.1) is 0 Å². The minimum absolute atomic E-state index is 0.0526. The molecular formula is C9H8N2O4S. The third-order valence-electron chi connectivity index (χ3n) is 1.91. The standard InChI is InChI=1S/C9H8N2O4S/c10-16(13,14)15-7-3-1-6-2-4-9(12)11-8(6)5-7/h1-5H,(H,11,12)(H2,10,13,14). The maximum Gasteiger partial charge on any atom is 0.380 e. The summed E-state index contributed by atoms with van der Waals surface area (Å²) in [5.74, 6) is 0.0526. The number of nitrogens with two attached hydrogens (primary N) is 1. The summed E-state index contributed by atoms with van der Waals surface area (Å²) >= 11 is 0. The average Bonchev–Trinajstić information content (AvgIpc) is 2.14. The predicted molar refractivity (Wildman–Crippen MR) is 58.3 cm³/mol. The van der Waals surface area contributed by atoms with Gasteiger partial charge in [-0.15, -0.1) is 0 Å². The van der Waals surface area contributed by atoms with E-state index in [0.717, 1.165) is 5.39 Å². The summed E-state index contributed by atoms with van der Waals surface area (Å²) in [6.07, 6.45) is 0. The molecule has 84 valence electrons. The molecule has 1 aromatic heterocycles. The summed E-state index contributed by atoms with van der Waals surface area (Å²) in [5, 5.41) is 5.48. The first-order valence-corrected chi connectivity index (χ1v) is 5.76. The Morgan fingerprint density at radius 2 is 1.88 bits per heavy atom. The second-order valence-corrected chi connectivity index (χ2v) is 4.30. The molecule has 0 saturated heterocycles. The van der Waals surface area contributed by atoms with E-state index in [2.05, 4.69) is 9.17 Å². The molecule has 0 radical (unpaired) electrons. The highest BCUT2D eigenvalue weighted by Gasteiger charge is 2.05. The fraction of sp³-hybridized carbons (Fsp3) is 0. The molecule has 0 spiro atoms. The third-order valence-corrected chi connectivity index (χ3v) is 2.33. The Labute approximate surface area is 90.9 Å². The number of hydrogen-bond donors (Lipinski definition) is 2. The molecule has 2 aromatic rings. The van der Waals surface area contributed by atoms with Gasteiger partial charge in [0.1, 0.15) is 5.75 Å². The van der Waals surface area contributed by atoms with Crippen molar-refractivity contribution in [3.8, 4) is 5.75 Å². The summed E-state index contributed by atoms with van der Waals surface area (Å²) in [5.41, 5.74) is 0.203. The van der Waals surface area contributed by atoms with Gasteiger partial charge in [0.05, 0.1) is 5.52 Å². The van der Waals surface area contributed by atoms with Crippen LogP contribution in [0.1, 0.15) is 0 Å². The smallest absolute Gasteiger partial charge is 0.371 e. The highest BCUT2D eigenvalue weighted by atomic mass is 32.2. The van der Waals surface area contributed by atoms with Crippen molar-refractivity contribution < 1.29 is 12.6 Å². The molecule has 1 aromatic carbocycles. The maximum atomic E-state index is 11.0. The van der Waals surface area contributed by atoms with Crippen molar-refractivity contribution in [3.05, 3.63) is 40.7 Å². The molecule has 0 atom stereocenters. The van der Waals surface area contributed by atoms with Gasteiger partial charge in [0, 0.05) is 12.1 Å². The number of fused-ring (bicyclic) bond motifs is 1. The van der Waals surface area contributed by atoms with Gasteiger partial charge in [-0.1, -0.05) is 0 Å². The van der Waals surface area contributed by atoms with Crippen molar-refractivity contribution in [2.75, 3.05) is 0 Å². The van der Waals surface area contributed by atoms with E-state index in [0.29, 0.717) is 5.52 Å². The topological polar surface area (TPSA) is 102 Å². The molecule has 0 aliphatic rings. The van der Waals surface area contributed by atoms with Crippen molar-refractivity contribution >= 4 is 21.2 Å². The van der Waals surface area contributed by atoms with E-state index in [9.17, 15) is 13.2 Å². The SMILES string of the molecule is NS(=O)(=O)Oc1ccc2ccc(=O)[nH]c2c1. The van der Waals surface area contributed by atoms with E-state index < -0.39 is 10.3 Å². The Morgan fingerprint density at radius 3 is 2.56 bits per heavy atom. The van der Waals surface area contributed by atoms with Gasteiger partial charge >= 0.3 is 10.3 Å². The number of aromatic nitrogens is 1. The van der Waals surface area contributed by atoms with E-state index in [1.807, 2.05) is 0 Å². The first-order valence-electron chi connectivity index (χ1n) is 4.29. The van der Waals surface area contributed by atoms with Crippen molar-refractivity contribution in [2.45, 2.75) is 0 Å². The normalized spacial score (nSPS) is 11.6. The molecule has 0 fully saturated rings. The molecule has 7 heteroatoms. The number of nitrogens with one attached hydrogen (secondary N) is 1. The van der Waals surface area contributed by atoms with Crippen LogP contribution < -0.4 is 14.9 Å². The second kappa shape index (κ2) is 3.62. The minimum atomic E-state index is -4.05. The van der Waals surface area contributed by atoms with Gasteiger partial charge < -0.3 is 9.17 Å². The lowest BCUT2D eigenvalue weighted by atomic mass is 10.2. The summed E-state index contributed by atoms with van der Waals surface area (Å²) in [4.78, 5) is 13.6. The van der Waals surface area contributed by atoms with Crippen LogP contribution in [0.3, 0.4) is 0 Å². The molecule has 1 heterocycles. The number of hydrogen-bond acceptors (Lipinski definition) is 4. The second-order valence-electron chi connectivity index (χ2n) is 3.15. The number of aromatic amines is 1. The summed E-state index contributed by atoms with van der Waals surface area (Å²) in [6.45, 7) is 0. The van der Waals surface area contributed by atoms with Gasteiger partial charge in [-0.2, -0.15) is 13.6 Å². The third kappa shape index (κ3) is 2.38. The average molecular weight is 240 g/mol. The molecule has 0 saturated carbocycles. The summed E-state index contributed by atoms with van der Waals surface area (Å²) in [6, 6.07) is 7.45. The monoisotopic (exact) mass is 240 g/mol. The summed E-state index contributed by atoms with van der Waals surface area (Å²) in [7, 11) is -4.05. The first-order chi connectivity index (χ1) is 7.44. The number of H-pyrrole nitrogens is 1. The highest BCUT2D eigenvalue weighted by Crippen LogP contribution is 2.18. The van der Waals surface area contributed by atoms with Crippen LogP contribution in [0.15, 0.2) is 35.1 Å². The number of benzene rings is 1. The lowest BCUT2D eigenvalue weighted by molar-refractivity contribution is 0.488. The van der Waals surface area contributed by atoms with Crippen LogP contribution in [0.25, 0.3) is 10.9 Å². The molecule has 2 rings (SSSR count). The Kier molecular flexibility index (Phi) is 2.41. The Balaban J connectivity index is 2.55. The van der Waals surface area contributed by atoms with E-state index in [-0.39, 0.29) is 11.3 Å². The summed E-state index contributed by atoms with van der Waals surface area (Å²) < 4.78 is 25.9. The van der Waals surface area contributed by atoms with Crippen molar-refractivity contribution in [2.24, 2.45) is 5.14 Å². The highest BCUT2D eigenvalue weighted by molar-refractivity contribution is 7.84. The molecular weight excluding hydrogens is 232 g/mol. The first kappa shape index (κ1) is 10.7. The van der Waals surface area contributed by atoms with Gasteiger partial charge in [0.2, 0.25) is 5.56 Å². The molecule has 0 amide bonds. The van der Waals surface area contributed by atoms with Crippen molar-refractivity contribution in [1.29, 1.82) is 0 Å². The Bertz CT molecular complexity index is 690. The quantitative estimate of drug-likeness (QED) is 0.777. The Morgan fingerprint density at radius 1 is 1.19 bits per heavy atom. The lowest BCUT2D eigenvalue weighted by Crippen LogP contribution is -2.18. The van der Waals surface area contributed by atoms with Gasteiger partial charge in [-0.3, -0.25) is 4.79 Å². The Hall–Kier alpha value is -1.86. The zero-order chi connectivity index (χ0) is 11.8. The number of rotatable bonds is 2. The van der Waals surface area contributed by atoms with E-state index in [1.165, 1.54) is 18.2 Å². The van der Waals surface area contributed by atoms with Crippen LogP contribution >= 0.6 is 0 Å². The van der Waals surface area contributed by atoms with Crippen LogP contribution in [-0.4, -0.2) is 13.4 Å². The van der Waals surface area contributed by atoms with Crippen LogP contribution in [0.4, 0.5) is 0 Å². The fourth-order valence-electron chi connectivity index (χ4n) is 1.31. The molecule has 0 bridgehead atoms. The molecule has 3 N–H and O–H groups in total. The van der Waals surface area contributed by atoms with Gasteiger partial charge in [0.25, 0.3) is 0 Å². The zero-order valence-electron chi connectivity index (χ0n) is 8.01. The minimum Gasteiger partial charge on any atom is -0.371 e. The van der Waals surface area contributed by atoms with Gasteiger partial charge in [0.15, 0.2) is 0 Å². The van der Waals surface area contributed by atoms with E-state index in [4.69, 9.17) is 5.14 Å². The molecule has 0 aliphatic carbocycles. The van der Waals surface area contributed by atoms with Crippen LogP contribution in [0.5, 0.6) is 5.75 Å². The molecule has 16 heavy (non-hydrogen) atoms. The molecule has 6 nitrogen and oxygen atoms in total. The largest absolute Gasteiger partial charge is 0.380 e. The van der Waals surface area contributed by atoms with Crippen LogP contribution in [-0.2, 0) is 10.3 Å². The van der Waals surface area contributed by atoms with E-state index in [1.54, 1.807) is 12.1 Å². The van der Waals surface area contributed by atoms with Gasteiger partial charge in [-0.05, 0) is 23.6 Å². The predicted octanol–water partition coefficient (Wildman–Crippen LogP) is 0.110. The zero-order valence-corrected chi connectivity index (χ0v) is 8.82. The van der Waals surface area contributed by atoms with E-state index >= 15 is 0 Å². The lowest BCUT2D eigenvalue weighted by Gasteiger charge is -2.03. The van der Waals surface area contributed by atoms with Crippen molar-refractivity contribution in [1.82, 2.24) is 4.98 Å². The van der Waals surface area contributed by atoms with Gasteiger partial charge in [-0.25, -0.2) is 0 Å². The number of pyridine rings is 1. The fourth-order valence-corrected chi connectivity index (χ4v) is 1.69. The molecule has 0 aliphatic heterocycles. The maximum absolute atomic E-state index is 11.0. The molecule has 0 unspecified atom stereocenters.